The van der Waals surface area contributed by atoms with Gasteiger partial charge in [0.25, 0.3) is 0 Å². The van der Waals surface area contributed by atoms with Crippen LogP contribution in [0.5, 0.6) is 0 Å². The lowest BCUT2D eigenvalue weighted by atomic mass is 10.2. The van der Waals surface area contributed by atoms with Gasteiger partial charge in [-0.25, -0.2) is 9.97 Å². The maximum atomic E-state index is 6.13. The number of hydrogen-bond acceptors (Lipinski definition) is 6. The van der Waals surface area contributed by atoms with Crippen LogP contribution in [0, 0.1) is 0 Å². The van der Waals surface area contributed by atoms with E-state index < -0.39 is 0 Å². The molecule has 122 valence electrons. The summed E-state index contributed by atoms with van der Waals surface area (Å²) in [5.74, 6) is 1.79. The Hall–Kier alpha value is -0.560. The molecular weight excluding hydrogens is 322 g/mol. The first-order valence-corrected chi connectivity index (χ1v) is 9.22. The fourth-order valence-electron chi connectivity index (χ4n) is 2.79. The van der Waals surface area contributed by atoms with Gasteiger partial charge in [-0.15, -0.1) is 0 Å². The summed E-state index contributed by atoms with van der Waals surface area (Å²) in [6.07, 6.45) is 2.24. The lowest BCUT2D eigenvalue weighted by Crippen LogP contribution is -2.44. The maximum absolute atomic E-state index is 6.13. The molecule has 1 aromatic heterocycles. The zero-order valence-electron chi connectivity index (χ0n) is 12.8. The van der Waals surface area contributed by atoms with Crippen molar-refractivity contribution in [3.8, 4) is 0 Å². The highest BCUT2D eigenvalue weighted by Gasteiger charge is 2.21. The first kappa shape index (κ1) is 16.3. The van der Waals surface area contributed by atoms with Crippen molar-refractivity contribution in [2.75, 3.05) is 37.9 Å². The molecule has 2 aliphatic rings. The van der Waals surface area contributed by atoms with Crippen LogP contribution in [0.3, 0.4) is 0 Å². The van der Waals surface area contributed by atoms with Gasteiger partial charge in [0.05, 0.1) is 24.9 Å². The number of ether oxygens (including phenoxy) is 2. The Balaban J connectivity index is 1.66. The number of morpholine rings is 1. The molecule has 0 radical (unpaired) electrons. The average Bonchev–Trinajstić information content (AvgIpc) is 2.54. The van der Waals surface area contributed by atoms with Crippen molar-refractivity contribution < 1.29 is 9.47 Å². The van der Waals surface area contributed by atoms with Gasteiger partial charge in [0, 0.05) is 36.8 Å². The van der Waals surface area contributed by atoms with E-state index in [1.807, 2.05) is 11.8 Å². The van der Waals surface area contributed by atoms with Gasteiger partial charge in [-0.05, 0) is 31.4 Å². The van der Waals surface area contributed by atoms with Gasteiger partial charge in [0.15, 0.2) is 0 Å². The van der Waals surface area contributed by atoms with Crippen molar-refractivity contribution in [2.24, 2.45) is 0 Å². The highest BCUT2D eigenvalue weighted by atomic mass is 35.5. The van der Waals surface area contributed by atoms with Gasteiger partial charge in [0.1, 0.15) is 5.82 Å². The minimum absolute atomic E-state index is 0.315. The quantitative estimate of drug-likeness (QED) is 0.783. The van der Waals surface area contributed by atoms with E-state index in [1.54, 1.807) is 0 Å². The predicted octanol–water partition coefficient (Wildman–Crippen LogP) is 2.77. The molecule has 0 spiro atoms. The molecule has 1 atom stereocenters. The minimum Gasteiger partial charge on any atom is -0.381 e. The van der Waals surface area contributed by atoms with Crippen LogP contribution in [0.25, 0.3) is 0 Å². The zero-order valence-corrected chi connectivity index (χ0v) is 14.4. The normalized spacial score (nSPS) is 23.7. The van der Waals surface area contributed by atoms with Crippen LogP contribution in [0.4, 0.5) is 5.82 Å². The van der Waals surface area contributed by atoms with Crippen molar-refractivity contribution >= 4 is 29.2 Å². The molecule has 0 bridgehead atoms. The molecule has 3 heterocycles. The van der Waals surface area contributed by atoms with Gasteiger partial charge < -0.3 is 14.4 Å². The topological polar surface area (TPSA) is 47.5 Å². The van der Waals surface area contributed by atoms with E-state index in [9.17, 15) is 0 Å². The monoisotopic (exact) mass is 343 g/mol. The minimum atomic E-state index is 0.315. The summed E-state index contributed by atoms with van der Waals surface area (Å²) in [4.78, 5) is 11.0. The molecule has 1 aromatic rings. The number of thioether (sulfide) groups is 1. The maximum Gasteiger partial charge on any atom is 0.224 e. The van der Waals surface area contributed by atoms with Gasteiger partial charge in [0.2, 0.25) is 5.28 Å². The summed E-state index contributed by atoms with van der Waals surface area (Å²) in [6, 6.07) is 2.38. The predicted molar refractivity (Wildman–Crippen MR) is 89.8 cm³/mol. The van der Waals surface area contributed by atoms with E-state index in [-0.39, 0.29) is 0 Å². The van der Waals surface area contributed by atoms with Crippen molar-refractivity contribution in [1.29, 1.82) is 0 Å². The number of nitrogens with zero attached hydrogens (tertiary/aromatic N) is 3. The largest absolute Gasteiger partial charge is 0.381 e. The Kier molecular flexibility index (Phi) is 5.79. The second-order valence-corrected chi connectivity index (χ2v) is 7.35. The van der Waals surface area contributed by atoms with Crippen LogP contribution in [-0.2, 0) is 15.2 Å². The summed E-state index contributed by atoms with van der Waals surface area (Å²) in [5, 5.41) is 0.993. The van der Waals surface area contributed by atoms with E-state index in [0.717, 1.165) is 63.1 Å². The van der Waals surface area contributed by atoms with Crippen molar-refractivity contribution in [3.05, 3.63) is 17.0 Å². The third-order valence-corrected chi connectivity index (χ3v) is 5.61. The van der Waals surface area contributed by atoms with E-state index in [1.165, 1.54) is 0 Å². The molecule has 0 aromatic carbocycles. The molecule has 3 rings (SSSR count). The Bertz CT molecular complexity index is 500. The van der Waals surface area contributed by atoms with Crippen molar-refractivity contribution in [1.82, 2.24) is 9.97 Å². The molecule has 0 N–H and O–H groups in total. The summed E-state index contributed by atoms with van der Waals surface area (Å²) >= 11 is 8.07. The van der Waals surface area contributed by atoms with Gasteiger partial charge in [-0.2, -0.15) is 11.8 Å². The lowest BCUT2D eigenvalue weighted by molar-refractivity contribution is 0.0985. The van der Waals surface area contributed by atoms with Crippen LogP contribution in [0.2, 0.25) is 5.28 Å². The number of anilines is 1. The molecular formula is C15H22ClN3O2S. The number of aromatic nitrogens is 2. The molecule has 7 heteroatoms. The molecule has 0 amide bonds. The molecule has 0 saturated carbocycles. The Labute approximate surface area is 140 Å². The molecule has 2 saturated heterocycles. The standard InChI is InChI=1S/C15H22ClN3O2S/c1-11-9-21-7-4-19(11)14-8-12(17-15(16)18-14)10-22-13-2-5-20-6-3-13/h8,11,13H,2-7,9-10H2,1H3/t11-/m0/s1. The Morgan fingerprint density at radius 3 is 2.86 bits per heavy atom. The third kappa shape index (κ3) is 4.25. The van der Waals surface area contributed by atoms with Crippen molar-refractivity contribution in [3.63, 3.8) is 0 Å². The number of halogens is 1. The first-order valence-electron chi connectivity index (χ1n) is 7.79. The van der Waals surface area contributed by atoms with Crippen LogP contribution < -0.4 is 4.90 Å². The summed E-state index contributed by atoms with van der Waals surface area (Å²) < 4.78 is 10.9. The van der Waals surface area contributed by atoms with E-state index in [4.69, 9.17) is 21.1 Å². The fourth-order valence-corrected chi connectivity index (χ4v) is 4.06. The highest BCUT2D eigenvalue weighted by molar-refractivity contribution is 7.99. The van der Waals surface area contributed by atoms with E-state index in [0.29, 0.717) is 16.6 Å². The van der Waals surface area contributed by atoms with Gasteiger partial charge in [-0.1, -0.05) is 0 Å². The second kappa shape index (κ2) is 7.81. The molecule has 0 aliphatic carbocycles. The third-order valence-electron chi connectivity index (χ3n) is 4.04. The van der Waals surface area contributed by atoms with E-state index in [2.05, 4.69) is 27.9 Å². The van der Waals surface area contributed by atoms with Gasteiger partial charge in [-0.3, -0.25) is 0 Å². The van der Waals surface area contributed by atoms with Crippen LogP contribution in [0.1, 0.15) is 25.5 Å². The molecule has 2 aliphatic heterocycles. The average molecular weight is 344 g/mol. The van der Waals surface area contributed by atoms with Crippen LogP contribution in [-0.4, -0.2) is 54.2 Å². The molecule has 2 fully saturated rings. The summed E-state index contributed by atoms with van der Waals surface area (Å²) in [5.41, 5.74) is 1.00. The lowest BCUT2D eigenvalue weighted by Gasteiger charge is -2.34. The first-order chi connectivity index (χ1) is 10.7. The number of hydrogen-bond donors (Lipinski definition) is 0. The van der Waals surface area contributed by atoms with Gasteiger partial charge >= 0.3 is 0 Å². The smallest absolute Gasteiger partial charge is 0.224 e. The Morgan fingerprint density at radius 2 is 2.09 bits per heavy atom. The molecule has 0 unspecified atom stereocenters. The van der Waals surface area contributed by atoms with Crippen LogP contribution in [0.15, 0.2) is 6.07 Å². The fraction of sp³-hybridized carbons (Fsp3) is 0.733. The van der Waals surface area contributed by atoms with E-state index >= 15 is 0 Å². The van der Waals surface area contributed by atoms with Crippen molar-refractivity contribution in [2.45, 2.75) is 36.8 Å². The molecule has 5 nitrogen and oxygen atoms in total. The highest BCUT2D eigenvalue weighted by Crippen LogP contribution is 2.27. The Morgan fingerprint density at radius 1 is 1.27 bits per heavy atom. The summed E-state index contributed by atoms with van der Waals surface area (Å²) in [7, 11) is 0. The second-order valence-electron chi connectivity index (χ2n) is 5.73. The zero-order chi connectivity index (χ0) is 15.4. The SMILES string of the molecule is C[C@H]1COCCN1c1cc(CSC2CCOCC2)nc(Cl)n1. The number of rotatable bonds is 4. The van der Waals surface area contributed by atoms with Crippen LogP contribution >= 0.6 is 23.4 Å². The molecule has 22 heavy (non-hydrogen) atoms. The summed E-state index contributed by atoms with van der Waals surface area (Å²) in [6.45, 7) is 6.20.